The average Bonchev–Trinajstić information content (AvgIpc) is 3.17. The summed E-state index contributed by atoms with van der Waals surface area (Å²) in [5.74, 6) is 0.778. The van der Waals surface area contributed by atoms with Crippen molar-refractivity contribution in [1.29, 1.82) is 0 Å². The Kier molecular flexibility index (Phi) is 5.33. The summed E-state index contributed by atoms with van der Waals surface area (Å²) in [6.45, 7) is 0.780. The first-order valence-corrected chi connectivity index (χ1v) is 10.00. The number of likely N-dealkylation sites (N-methyl/N-ethyl adjacent to an activating group) is 1. The van der Waals surface area contributed by atoms with Crippen LogP contribution in [0.5, 0.6) is 5.75 Å². The van der Waals surface area contributed by atoms with Gasteiger partial charge in [-0.05, 0) is 61.1 Å². The Bertz CT molecular complexity index is 862. The summed E-state index contributed by atoms with van der Waals surface area (Å²) >= 11 is 0. The fourth-order valence-corrected chi connectivity index (χ4v) is 4.19. The molecular formula is C23H26N2O3. The molecule has 0 saturated carbocycles. The van der Waals surface area contributed by atoms with E-state index in [1.807, 2.05) is 42.3 Å². The molecule has 146 valence electrons. The van der Waals surface area contributed by atoms with Crippen LogP contribution in [0.2, 0.25) is 0 Å². The van der Waals surface area contributed by atoms with Crippen LogP contribution in [0.4, 0.5) is 5.69 Å². The molecule has 1 saturated heterocycles. The highest BCUT2D eigenvalue weighted by atomic mass is 16.5. The van der Waals surface area contributed by atoms with Crippen molar-refractivity contribution in [2.75, 3.05) is 25.1 Å². The Morgan fingerprint density at radius 3 is 2.64 bits per heavy atom. The summed E-state index contributed by atoms with van der Waals surface area (Å²) < 4.78 is 5.72. The van der Waals surface area contributed by atoms with Crippen LogP contribution in [0.1, 0.15) is 42.9 Å². The summed E-state index contributed by atoms with van der Waals surface area (Å²) in [7, 11) is 1.86. The van der Waals surface area contributed by atoms with Gasteiger partial charge in [0.05, 0.1) is 6.04 Å². The SMILES string of the molecule is CN(C(=O)COc1ccc(N2CCCC2=O)cc1)[C@H]1CCCc2ccccc21. The summed E-state index contributed by atoms with van der Waals surface area (Å²) in [4.78, 5) is 28.1. The molecule has 1 heterocycles. The Balaban J connectivity index is 1.36. The van der Waals surface area contributed by atoms with Gasteiger partial charge < -0.3 is 14.5 Å². The highest BCUT2D eigenvalue weighted by Gasteiger charge is 2.26. The number of carbonyl (C=O) groups is 2. The van der Waals surface area contributed by atoms with Crippen LogP contribution in [0, 0.1) is 0 Å². The Labute approximate surface area is 165 Å². The van der Waals surface area contributed by atoms with Crippen molar-refractivity contribution < 1.29 is 14.3 Å². The molecular weight excluding hydrogens is 352 g/mol. The number of hydrogen-bond acceptors (Lipinski definition) is 3. The van der Waals surface area contributed by atoms with Crippen LogP contribution >= 0.6 is 0 Å². The number of rotatable bonds is 5. The lowest BCUT2D eigenvalue weighted by Gasteiger charge is -2.33. The zero-order valence-electron chi connectivity index (χ0n) is 16.3. The van der Waals surface area contributed by atoms with Gasteiger partial charge in [-0.3, -0.25) is 9.59 Å². The third kappa shape index (κ3) is 3.75. The van der Waals surface area contributed by atoms with E-state index in [0.717, 1.165) is 37.9 Å². The highest BCUT2D eigenvalue weighted by molar-refractivity contribution is 5.95. The van der Waals surface area contributed by atoms with Crippen LogP contribution in [-0.4, -0.2) is 36.9 Å². The average molecular weight is 378 g/mol. The third-order valence-corrected chi connectivity index (χ3v) is 5.78. The van der Waals surface area contributed by atoms with Crippen LogP contribution in [0.3, 0.4) is 0 Å². The second-order valence-corrected chi connectivity index (χ2v) is 7.54. The van der Waals surface area contributed by atoms with Crippen LogP contribution in [0.15, 0.2) is 48.5 Å². The number of amides is 2. The molecule has 2 amide bonds. The first kappa shape index (κ1) is 18.5. The topological polar surface area (TPSA) is 49.9 Å². The third-order valence-electron chi connectivity index (χ3n) is 5.78. The van der Waals surface area contributed by atoms with Gasteiger partial charge in [0, 0.05) is 25.7 Å². The molecule has 1 aliphatic carbocycles. The number of anilines is 1. The zero-order valence-corrected chi connectivity index (χ0v) is 16.3. The van der Waals surface area contributed by atoms with Crippen molar-refractivity contribution in [3.8, 4) is 5.75 Å². The Hall–Kier alpha value is -2.82. The van der Waals surface area contributed by atoms with Crippen LogP contribution < -0.4 is 9.64 Å². The van der Waals surface area contributed by atoms with E-state index in [-0.39, 0.29) is 24.5 Å². The van der Waals surface area contributed by atoms with Gasteiger partial charge >= 0.3 is 0 Å². The number of aryl methyl sites for hydroxylation is 1. The number of hydrogen-bond donors (Lipinski definition) is 0. The van der Waals surface area contributed by atoms with E-state index >= 15 is 0 Å². The van der Waals surface area contributed by atoms with Crippen molar-refractivity contribution in [2.24, 2.45) is 0 Å². The van der Waals surface area contributed by atoms with E-state index in [1.54, 1.807) is 4.90 Å². The normalized spacial score (nSPS) is 18.7. The predicted molar refractivity (Wildman–Crippen MR) is 108 cm³/mol. The monoisotopic (exact) mass is 378 g/mol. The number of fused-ring (bicyclic) bond motifs is 1. The van der Waals surface area contributed by atoms with Gasteiger partial charge in [0.1, 0.15) is 5.75 Å². The quantitative estimate of drug-likeness (QED) is 0.797. The molecule has 0 aromatic heterocycles. The second-order valence-electron chi connectivity index (χ2n) is 7.54. The molecule has 0 bridgehead atoms. The molecule has 1 aliphatic heterocycles. The fourth-order valence-electron chi connectivity index (χ4n) is 4.19. The van der Waals surface area contributed by atoms with Gasteiger partial charge in [0.2, 0.25) is 5.91 Å². The Morgan fingerprint density at radius 1 is 1.11 bits per heavy atom. The maximum atomic E-state index is 12.7. The summed E-state index contributed by atoms with van der Waals surface area (Å²) in [5.41, 5.74) is 3.48. The first-order chi connectivity index (χ1) is 13.6. The van der Waals surface area contributed by atoms with Gasteiger partial charge in [-0.25, -0.2) is 0 Å². The lowest BCUT2D eigenvalue weighted by Crippen LogP contribution is -2.36. The van der Waals surface area contributed by atoms with Crippen molar-refractivity contribution in [1.82, 2.24) is 4.90 Å². The molecule has 28 heavy (non-hydrogen) atoms. The minimum Gasteiger partial charge on any atom is -0.484 e. The molecule has 2 aliphatic rings. The van der Waals surface area contributed by atoms with Gasteiger partial charge in [-0.2, -0.15) is 0 Å². The summed E-state index contributed by atoms with van der Waals surface area (Å²) in [6, 6.07) is 15.9. The summed E-state index contributed by atoms with van der Waals surface area (Å²) in [6.07, 6.45) is 4.68. The molecule has 4 rings (SSSR count). The van der Waals surface area contributed by atoms with Crippen LogP contribution in [0.25, 0.3) is 0 Å². The molecule has 0 N–H and O–H groups in total. The van der Waals surface area contributed by atoms with E-state index in [9.17, 15) is 9.59 Å². The molecule has 5 nitrogen and oxygen atoms in total. The van der Waals surface area contributed by atoms with E-state index < -0.39 is 0 Å². The first-order valence-electron chi connectivity index (χ1n) is 10.00. The standard InChI is InChI=1S/C23H26N2O3/c1-24(21-9-4-7-17-6-2-3-8-20(17)21)23(27)16-28-19-13-11-18(12-14-19)25-15-5-10-22(25)26/h2-3,6,8,11-14,21H,4-5,7,9-10,15-16H2,1H3/t21-/m0/s1. The minimum absolute atomic E-state index is 0.0111. The predicted octanol–water partition coefficient (Wildman–Crippen LogP) is 3.73. The van der Waals surface area contributed by atoms with Gasteiger partial charge in [-0.15, -0.1) is 0 Å². The number of ether oxygens (including phenoxy) is 1. The Morgan fingerprint density at radius 2 is 1.89 bits per heavy atom. The molecule has 2 aromatic carbocycles. The molecule has 0 spiro atoms. The number of benzene rings is 2. The van der Waals surface area contributed by atoms with Crippen molar-refractivity contribution in [3.63, 3.8) is 0 Å². The molecule has 1 atom stereocenters. The van der Waals surface area contributed by atoms with Gasteiger partial charge in [-0.1, -0.05) is 24.3 Å². The fraction of sp³-hybridized carbons (Fsp3) is 0.391. The van der Waals surface area contributed by atoms with E-state index in [1.165, 1.54) is 11.1 Å². The lowest BCUT2D eigenvalue weighted by atomic mass is 9.87. The molecule has 2 aromatic rings. The van der Waals surface area contributed by atoms with Crippen molar-refractivity contribution in [3.05, 3.63) is 59.7 Å². The van der Waals surface area contributed by atoms with E-state index in [0.29, 0.717) is 12.2 Å². The van der Waals surface area contributed by atoms with Gasteiger partial charge in [0.15, 0.2) is 6.61 Å². The molecule has 1 fully saturated rings. The smallest absolute Gasteiger partial charge is 0.260 e. The van der Waals surface area contributed by atoms with Crippen molar-refractivity contribution in [2.45, 2.75) is 38.1 Å². The van der Waals surface area contributed by atoms with E-state index in [4.69, 9.17) is 4.74 Å². The van der Waals surface area contributed by atoms with Gasteiger partial charge in [0.25, 0.3) is 5.91 Å². The zero-order chi connectivity index (χ0) is 19.5. The maximum absolute atomic E-state index is 12.7. The highest BCUT2D eigenvalue weighted by Crippen LogP contribution is 2.33. The molecule has 0 unspecified atom stereocenters. The lowest BCUT2D eigenvalue weighted by molar-refractivity contribution is -0.134. The van der Waals surface area contributed by atoms with Crippen LogP contribution in [-0.2, 0) is 16.0 Å². The number of nitrogens with zero attached hydrogens (tertiary/aromatic N) is 2. The summed E-state index contributed by atoms with van der Waals surface area (Å²) in [5, 5.41) is 0. The van der Waals surface area contributed by atoms with Crippen molar-refractivity contribution >= 4 is 17.5 Å². The van der Waals surface area contributed by atoms with E-state index in [2.05, 4.69) is 18.2 Å². The maximum Gasteiger partial charge on any atom is 0.260 e. The minimum atomic E-state index is -0.0273. The molecule has 0 radical (unpaired) electrons. The largest absolute Gasteiger partial charge is 0.484 e. The second kappa shape index (κ2) is 8.05. The molecule has 5 heteroatoms. The number of carbonyl (C=O) groups excluding carboxylic acids is 2.